The minimum Gasteiger partial charge on any atom is -0.343 e. The largest absolute Gasteiger partial charge is 0.343 e. The summed E-state index contributed by atoms with van der Waals surface area (Å²) in [6.45, 7) is 5.78. The Labute approximate surface area is 163 Å². The molecule has 2 N–H and O–H groups in total. The second kappa shape index (κ2) is 9.12. The second-order valence-electron chi connectivity index (χ2n) is 5.81. The molecule has 0 radical (unpaired) electrons. The van der Waals surface area contributed by atoms with E-state index in [-0.39, 0.29) is 17.3 Å². The van der Waals surface area contributed by atoms with Gasteiger partial charge < -0.3 is 10.6 Å². The van der Waals surface area contributed by atoms with Crippen LogP contribution >= 0.6 is 11.3 Å². The maximum absolute atomic E-state index is 12.8. The molecule has 0 saturated carbocycles. The van der Waals surface area contributed by atoms with Gasteiger partial charge in [0.2, 0.25) is 15.9 Å². The zero-order chi connectivity index (χ0) is 20.0. The minimum absolute atomic E-state index is 0.159. The fourth-order valence-corrected chi connectivity index (χ4v) is 4.86. The van der Waals surface area contributed by atoms with Gasteiger partial charge in [-0.3, -0.25) is 9.59 Å². The van der Waals surface area contributed by atoms with Gasteiger partial charge >= 0.3 is 0 Å². The first-order chi connectivity index (χ1) is 12.8. The summed E-state index contributed by atoms with van der Waals surface area (Å²) in [6, 6.07) is 6.40. The van der Waals surface area contributed by atoms with Crippen LogP contribution in [-0.2, 0) is 14.8 Å². The molecule has 0 unspecified atom stereocenters. The molecule has 0 bridgehead atoms. The smallest absolute Gasteiger partial charge is 0.252 e. The van der Waals surface area contributed by atoms with Crippen LogP contribution in [0.3, 0.4) is 0 Å². The van der Waals surface area contributed by atoms with Crippen molar-refractivity contribution < 1.29 is 18.0 Å². The first kappa shape index (κ1) is 21.1. The summed E-state index contributed by atoms with van der Waals surface area (Å²) in [5, 5.41) is 8.62. The van der Waals surface area contributed by atoms with Gasteiger partial charge in [-0.1, -0.05) is 19.9 Å². The minimum atomic E-state index is -3.63. The Morgan fingerprint density at radius 1 is 1.15 bits per heavy atom. The Bertz CT molecular complexity index is 905. The van der Waals surface area contributed by atoms with Crippen LogP contribution in [0.15, 0.2) is 39.9 Å². The van der Waals surface area contributed by atoms with Gasteiger partial charge in [0.15, 0.2) is 0 Å². The van der Waals surface area contributed by atoms with Crippen LogP contribution in [0.2, 0.25) is 0 Å². The molecule has 0 spiro atoms. The first-order valence-corrected chi connectivity index (χ1v) is 10.9. The van der Waals surface area contributed by atoms with Crippen molar-refractivity contribution >= 4 is 38.9 Å². The number of carbonyl (C=O) groups is 2. The van der Waals surface area contributed by atoms with Crippen molar-refractivity contribution in [2.75, 3.05) is 25.0 Å². The summed E-state index contributed by atoms with van der Waals surface area (Å²) in [6.07, 6.45) is 0. The van der Waals surface area contributed by atoms with Crippen LogP contribution in [0.4, 0.5) is 5.69 Å². The van der Waals surface area contributed by atoms with Gasteiger partial charge in [-0.2, -0.15) is 15.6 Å². The SMILES string of the molecule is CCN(CC)S(=O)(=O)c1cc(NC(=O)CNC(=O)c2ccsc2)ccc1C. The van der Waals surface area contributed by atoms with Crippen LogP contribution in [0.5, 0.6) is 0 Å². The van der Waals surface area contributed by atoms with Gasteiger partial charge in [-0.25, -0.2) is 8.42 Å². The average molecular weight is 410 g/mol. The van der Waals surface area contributed by atoms with Crippen LogP contribution in [0.25, 0.3) is 0 Å². The number of hydrogen-bond donors (Lipinski definition) is 2. The first-order valence-electron chi connectivity index (χ1n) is 8.50. The highest BCUT2D eigenvalue weighted by Crippen LogP contribution is 2.23. The molecule has 9 heteroatoms. The van der Waals surface area contributed by atoms with Gasteiger partial charge in [0.05, 0.1) is 11.4 Å². The van der Waals surface area contributed by atoms with Crippen molar-refractivity contribution in [2.24, 2.45) is 0 Å². The number of aryl methyl sites for hydroxylation is 1. The predicted molar refractivity (Wildman–Crippen MR) is 107 cm³/mol. The van der Waals surface area contributed by atoms with E-state index in [2.05, 4.69) is 10.6 Å². The highest BCUT2D eigenvalue weighted by molar-refractivity contribution is 7.89. The lowest BCUT2D eigenvalue weighted by atomic mass is 10.2. The van der Waals surface area contributed by atoms with Gasteiger partial charge in [0, 0.05) is 29.7 Å². The van der Waals surface area contributed by atoms with Crippen LogP contribution in [0.1, 0.15) is 29.8 Å². The standard InChI is InChI=1S/C18H23N3O4S2/c1-4-21(5-2)27(24,25)16-10-15(7-6-13(16)3)20-17(22)11-19-18(23)14-8-9-26-12-14/h6-10,12H,4-5,11H2,1-3H3,(H,19,23)(H,20,22). The summed E-state index contributed by atoms with van der Waals surface area (Å²) in [4.78, 5) is 24.1. The molecular weight excluding hydrogens is 386 g/mol. The summed E-state index contributed by atoms with van der Waals surface area (Å²) in [5.41, 5.74) is 1.46. The zero-order valence-electron chi connectivity index (χ0n) is 15.5. The maximum atomic E-state index is 12.8. The van der Waals surface area contributed by atoms with Crippen molar-refractivity contribution in [3.63, 3.8) is 0 Å². The highest BCUT2D eigenvalue weighted by Gasteiger charge is 2.24. The molecule has 0 saturated heterocycles. The fourth-order valence-electron chi connectivity index (χ4n) is 2.52. The third-order valence-electron chi connectivity index (χ3n) is 3.99. The van der Waals surface area contributed by atoms with Crippen LogP contribution in [0, 0.1) is 6.92 Å². The normalized spacial score (nSPS) is 11.4. The van der Waals surface area contributed by atoms with Gasteiger partial charge in [0.25, 0.3) is 5.91 Å². The highest BCUT2D eigenvalue weighted by atomic mass is 32.2. The van der Waals surface area contributed by atoms with E-state index >= 15 is 0 Å². The van der Waals surface area contributed by atoms with E-state index in [0.29, 0.717) is 29.9 Å². The van der Waals surface area contributed by atoms with Crippen LogP contribution in [-0.4, -0.2) is 44.2 Å². The Morgan fingerprint density at radius 2 is 1.85 bits per heavy atom. The molecule has 0 aliphatic carbocycles. The molecule has 2 rings (SSSR count). The number of nitrogens with zero attached hydrogens (tertiary/aromatic N) is 1. The van der Waals surface area contributed by atoms with Crippen molar-refractivity contribution in [2.45, 2.75) is 25.7 Å². The number of rotatable bonds is 8. The molecule has 0 atom stereocenters. The molecule has 1 aromatic heterocycles. The average Bonchev–Trinajstić information content (AvgIpc) is 3.16. The monoisotopic (exact) mass is 409 g/mol. The molecule has 2 aromatic rings. The molecule has 146 valence electrons. The molecule has 1 aromatic carbocycles. The molecule has 0 aliphatic heterocycles. The van der Waals surface area contributed by atoms with Crippen LogP contribution < -0.4 is 10.6 Å². The summed E-state index contributed by atoms with van der Waals surface area (Å²) < 4.78 is 26.9. The molecular formula is C18H23N3O4S2. The number of amides is 2. The van der Waals surface area contributed by atoms with Crippen molar-refractivity contribution in [1.82, 2.24) is 9.62 Å². The summed E-state index contributed by atoms with van der Waals surface area (Å²) >= 11 is 1.39. The van der Waals surface area contributed by atoms with Gasteiger partial charge in [0.1, 0.15) is 0 Å². The van der Waals surface area contributed by atoms with E-state index < -0.39 is 15.9 Å². The molecule has 0 fully saturated rings. The maximum Gasteiger partial charge on any atom is 0.252 e. The Morgan fingerprint density at radius 3 is 2.44 bits per heavy atom. The Balaban J connectivity index is 2.09. The number of sulfonamides is 1. The van der Waals surface area contributed by atoms with E-state index in [1.807, 2.05) is 0 Å². The number of benzene rings is 1. The Hall–Kier alpha value is -2.23. The van der Waals surface area contributed by atoms with E-state index in [9.17, 15) is 18.0 Å². The second-order valence-corrected chi connectivity index (χ2v) is 8.50. The summed E-state index contributed by atoms with van der Waals surface area (Å²) in [5.74, 6) is -0.770. The van der Waals surface area contributed by atoms with E-state index in [1.165, 1.54) is 21.7 Å². The number of hydrogen-bond acceptors (Lipinski definition) is 5. The lowest BCUT2D eigenvalue weighted by Crippen LogP contribution is -2.33. The van der Waals surface area contributed by atoms with E-state index in [4.69, 9.17) is 0 Å². The van der Waals surface area contributed by atoms with Crippen molar-refractivity contribution in [3.8, 4) is 0 Å². The lowest BCUT2D eigenvalue weighted by molar-refractivity contribution is -0.115. The molecule has 7 nitrogen and oxygen atoms in total. The predicted octanol–water partition coefficient (Wildman–Crippen LogP) is 2.46. The zero-order valence-corrected chi connectivity index (χ0v) is 17.1. The summed E-state index contributed by atoms with van der Waals surface area (Å²) in [7, 11) is -3.63. The molecule has 2 amide bonds. The lowest BCUT2D eigenvalue weighted by Gasteiger charge is -2.20. The van der Waals surface area contributed by atoms with E-state index in [0.717, 1.165) is 0 Å². The molecule has 27 heavy (non-hydrogen) atoms. The van der Waals surface area contributed by atoms with E-state index in [1.54, 1.807) is 49.7 Å². The third kappa shape index (κ3) is 5.15. The number of anilines is 1. The van der Waals surface area contributed by atoms with Crippen molar-refractivity contribution in [1.29, 1.82) is 0 Å². The topological polar surface area (TPSA) is 95.6 Å². The van der Waals surface area contributed by atoms with Gasteiger partial charge in [-0.05, 0) is 36.1 Å². The number of nitrogens with one attached hydrogen (secondary N) is 2. The van der Waals surface area contributed by atoms with Crippen molar-refractivity contribution in [3.05, 3.63) is 46.2 Å². The van der Waals surface area contributed by atoms with Gasteiger partial charge in [-0.15, -0.1) is 0 Å². The quantitative estimate of drug-likeness (QED) is 0.700. The number of carbonyl (C=O) groups excluding carboxylic acids is 2. The molecule has 0 aliphatic rings. The third-order valence-corrected chi connectivity index (χ3v) is 6.86. The Kier molecular flexibility index (Phi) is 7.11. The number of thiophene rings is 1. The fraction of sp³-hybridized carbons (Fsp3) is 0.333. The molecule has 1 heterocycles.